The first-order valence-electron chi connectivity index (χ1n) is 14.4. The Balaban J connectivity index is 1.56. The van der Waals surface area contributed by atoms with Gasteiger partial charge in [0.25, 0.3) is 0 Å². The predicted molar refractivity (Wildman–Crippen MR) is 188 cm³/mol. The average Bonchev–Trinajstić information content (AvgIpc) is 3.74. The van der Waals surface area contributed by atoms with Crippen molar-refractivity contribution >= 4 is 77.6 Å². The molecule has 1 aliphatic rings. The lowest BCUT2D eigenvalue weighted by atomic mass is 9.91. The molecule has 7 aromatic rings. The minimum atomic E-state index is -2.54. The normalized spacial score (nSPS) is 14.8. The van der Waals surface area contributed by atoms with E-state index >= 15 is 0 Å². The van der Waals surface area contributed by atoms with Gasteiger partial charge >= 0.3 is 0 Å². The van der Waals surface area contributed by atoms with Crippen LogP contribution in [0.4, 0.5) is 0 Å². The molecule has 0 bridgehead atoms. The van der Waals surface area contributed by atoms with Gasteiger partial charge in [-0.3, -0.25) is 0 Å². The number of hydrogen-bond donors (Lipinski definition) is 0. The van der Waals surface area contributed by atoms with Crippen molar-refractivity contribution < 1.29 is 0 Å². The van der Waals surface area contributed by atoms with E-state index in [0.717, 1.165) is 0 Å². The Hall–Kier alpha value is -4.28. The van der Waals surface area contributed by atoms with Crippen LogP contribution in [0.3, 0.4) is 0 Å². The molecule has 0 amide bonds. The number of fused-ring (bicyclic) bond motifs is 2. The summed E-state index contributed by atoms with van der Waals surface area (Å²) in [6.07, 6.45) is 0. The summed E-state index contributed by atoms with van der Waals surface area (Å²) in [5.41, 5.74) is 5.35. The van der Waals surface area contributed by atoms with E-state index in [1.165, 1.54) is 67.8 Å². The van der Waals surface area contributed by atoms with Crippen LogP contribution in [0.15, 0.2) is 152 Å². The van der Waals surface area contributed by atoms with Crippen LogP contribution in [-0.2, 0) is 0 Å². The van der Waals surface area contributed by atoms with E-state index in [2.05, 4.69) is 158 Å². The van der Waals surface area contributed by atoms with Gasteiger partial charge in [-0.15, -0.1) is 22.7 Å². The van der Waals surface area contributed by atoms with Crippen molar-refractivity contribution in [1.82, 2.24) is 0 Å². The third-order valence-corrected chi connectivity index (χ3v) is 15.7. The maximum absolute atomic E-state index is 2.60. The van der Waals surface area contributed by atoms with Crippen molar-refractivity contribution in [2.75, 3.05) is 0 Å². The van der Waals surface area contributed by atoms with Crippen molar-refractivity contribution in [2.45, 2.75) is 6.55 Å². The molecule has 5 aromatic carbocycles. The Kier molecular flexibility index (Phi) is 6.18. The molecule has 0 radical (unpaired) electrons. The van der Waals surface area contributed by atoms with Crippen LogP contribution in [0, 0.1) is 0 Å². The second-order valence-electron chi connectivity index (χ2n) is 11.0. The Morgan fingerprint density at radius 1 is 0.429 bits per heavy atom. The lowest BCUT2D eigenvalue weighted by Gasteiger charge is -2.30. The van der Waals surface area contributed by atoms with Gasteiger partial charge in [0.15, 0.2) is 8.07 Å². The van der Waals surface area contributed by atoms with Crippen LogP contribution in [0.5, 0.6) is 0 Å². The van der Waals surface area contributed by atoms with Gasteiger partial charge in [-0.2, -0.15) is 0 Å². The van der Waals surface area contributed by atoms with E-state index < -0.39 is 8.07 Å². The molecular weight excluding hydrogens is 561 g/mol. The highest BCUT2D eigenvalue weighted by Gasteiger charge is 2.49. The van der Waals surface area contributed by atoms with E-state index in [0.29, 0.717) is 0 Å². The maximum atomic E-state index is 2.60. The third kappa shape index (κ3) is 4.00. The molecule has 1 aliphatic heterocycles. The average molecular weight is 589 g/mol. The fourth-order valence-electron chi connectivity index (χ4n) is 6.67. The Labute approximate surface area is 255 Å². The Morgan fingerprint density at radius 3 is 1.24 bits per heavy atom. The Bertz CT molecular complexity index is 1930. The zero-order valence-corrected chi connectivity index (χ0v) is 25.9. The van der Waals surface area contributed by atoms with Gasteiger partial charge in [0, 0.05) is 19.2 Å². The highest BCUT2D eigenvalue weighted by Crippen LogP contribution is 2.57. The van der Waals surface area contributed by atoms with E-state index in [9.17, 15) is 0 Å². The van der Waals surface area contributed by atoms with Gasteiger partial charge in [-0.05, 0) is 72.9 Å². The van der Waals surface area contributed by atoms with Gasteiger partial charge < -0.3 is 0 Å². The van der Waals surface area contributed by atoms with Crippen molar-refractivity contribution in [3.8, 4) is 0 Å². The largest absolute Gasteiger partial charge is 0.150 e. The first-order chi connectivity index (χ1) is 20.7. The lowest BCUT2D eigenvalue weighted by molar-refractivity contribution is 1.60. The fourth-order valence-corrected chi connectivity index (χ4v) is 14.6. The third-order valence-electron chi connectivity index (χ3n) is 8.57. The van der Waals surface area contributed by atoms with Crippen molar-refractivity contribution in [2.24, 2.45) is 0 Å². The van der Waals surface area contributed by atoms with E-state index in [-0.39, 0.29) is 0 Å². The highest BCUT2D eigenvalue weighted by molar-refractivity contribution is 7.30. The molecule has 0 spiro atoms. The molecule has 0 saturated heterocycles. The van der Waals surface area contributed by atoms with Crippen LogP contribution < -0.4 is 5.19 Å². The highest BCUT2D eigenvalue weighted by atomic mass is 32.1. The van der Waals surface area contributed by atoms with Crippen molar-refractivity contribution in [3.05, 3.63) is 173 Å². The molecule has 2 aromatic heterocycles. The summed E-state index contributed by atoms with van der Waals surface area (Å²) in [5.74, 6) is 0. The summed E-state index contributed by atoms with van der Waals surface area (Å²) in [6.45, 7) is 2.60. The number of hydrogen-bond acceptors (Lipinski definition) is 2. The molecule has 8 rings (SSSR count). The second-order valence-corrected chi connectivity index (χ2v) is 17.0. The molecule has 3 heteroatoms. The summed E-state index contributed by atoms with van der Waals surface area (Å²) in [4.78, 5) is 2.77. The predicted octanol–water partition coefficient (Wildman–Crippen LogP) is 10.7. The maximum Gasteiger partial charge on any atom is 0.150 e. The van der Waals surface area contributed by atoms with Gasteiger partial charge in [0.05, 0.1) is 0 Å². The topological polar surface area (TPSA) is 0 Å². The lowest BCUT2D eigenvalue weighted by Crippen LogP contribution is -2.46. The first kappa shape index (κ1) is 25.4. The quantitative estimate of drug-likeness (QED) is 0.175. The molecular formula is C39H28S2Si. The minimum Gasteiger partial charge on any atom is -0.136 e. The fraction of sp³-hybridized carbons (Fsp3) is 0.0256. The Morgan fingerprint density at radius 2 is 0.810 bits per heavy atom. The van der Waals surface area contributed by atoms with Gasteiger partial charge in [0.2, 0.25) is 0 Å². The zero-order chi connectivity index (χ0) is 28.1. The van der Waals surface area contributed by atoms with Crippen LogP contribution in [0.25, 0.3) is 41.7 Å². The standard InChI is InChI=1S/C39H28S2Si/c1-42(31-21-9-4-10-22-31)38(34-25-29-19-11-13-23-32(29)40-34)36(27-15-5-2-6-16-27)37(28-17-7-3-8-18-28)39(42)35-26-30-20-12-14-24-33(30)41-35/h2-26H,1H3. The van der Waals surface area contributed by atoms with Crippen LogP contribution in [0.2, 0.25) is 6.55 Å². The van der Waals surface area contributed by atoms with Gasteiger partial charge in [-0.25, -0.2) is 0 Å². The zero-order valence-electron chi connectivity index (χ0n) is 23.3. The molecule has 3 heterocycles. The van der Waals surface area contributed by atoms with Crippen molar-refractivity contribution in [3.63, 3.8) is 0 Å². The van der Waals surface area contributed by atoms with E-state index in [1.807, 2.05) is 22.7 Å². The smallest absolute Gasteiger partial charge is 0.136 e. The van der Waals surface area contributed by atoms with Crippen molar-refractivity contribution in [1.29, 1.82) is 0 Å². The van der Waals surface area contributed by atoms with Crippen LogP contribution >= 0.6 is 22.7 Å². The molecule has 0 nitrogen and oxygen atoms in total. The molecule has 42 heavy (non-hydrogen) atoms. The summed E-state index contributed by atoms with van der Waals surface area (Å²) in [5, 5.41) is 7.13. The molecule has 0 saturated carbocycles. The molecule has 0 aliphatic carbocycles. The first-order valence-corrected chi connectivity index (χ1v) is 18.5. The molecule has 0 unspecified atom stereocenters. The summed E-state index contributed by atoms with van der Waals surface area (Å²) in [6, 6.07) is 56.2. The molecule has 200 valence electrons. The van der Waals surface area contributed by atoms with Gasteiger partial charge in [-0.1, -0.05) is 134 Å². The molecule has 0 atom stereocenters. The number of allylic oxidation sites excluding steroid dienone is 2. The summed E-state index contributed by atoms with van der Waals surface area (Å²) >= 11 is 3.89. The SMILES string of the molecule is C[Si]1(c2ccccc2)C(c2cc3ccccc3s2)=C(c2ccccc2)C(c2ccccc2)=C1c1cc2ccccc2s1. The van der Waals surface area contributed by atoms with Crippen LogP contribution in [-0.4, -0.2) is 8.07 Å². The monoisotopic (exact) mass is 588 g/mol. The van der Waals surface area contributed by atoms with Gasteiger partial charge in [0.1, 0.15) is 0 Å². The molecule has 0 fully saturated rings. The number of benzene rings is 5. The minimum absolute atomic E-state index is 1.29. The molecule has 0 N–H and O–H groups in total. The van der Waals surface area contributed by atoms with Crippen LogP contribution in [0.1, 0.15) is 20.9 Å². The summed E-state index contributed by atoms with van der Waals surface area (Å²) < 4.78 is 2.68. The summed E-state index contributed by atoms with van der Waals surface area (Å²) in [7, 11) is -2.54. The number of rotatable bonds is 5. The number of thiophene rings is 2. The second kappa shape index (κ2) is 10.2. The van der Waals surface area contributed by atoms with E-state index in [1.54, 1.807) is 0 Å². The van der Waals surface area contributed by atoms with E-state index in [4.69, 9.17) is 0 Å².